The molecule has 3 aliphatic rings. The predicted molar refractivity (Wildman–Crippen MR) is 137 cm³/mol. The third-order valence-electron chi connectivity index (χ3n) is 8.87. The van der Waals surface area contributed by atoms with Gasteiger partial charge in [0.05, 0.1) is 11.3 Å². The van der Waals surface area contributed by atoms with Crippen LogP contribution in [-0.2, 0) is 9.59 Å². The predicted octanol–water partition coefficient (Wildman–Crippen LogP) is 7.44. The van der Waals surface area contributed by atoms with Crippen molar-refractivity contribution in [1.82, 2.24) is 0 Å². The molecule has 0 aliphatic heterocycles. The summed E-state index contributed by atoms with van der Waals surface area (Å²) in [6.45, 7) is 10.8. The van der Waals surface area contributed by atoms with Crippen molar-refractivity contribution in [3.05, 3.63) is 47.1 Å². The molecule has 1 fully saturated rings. The fourth-order valence-corrected chi connectivity index (χ4v) is 6.62. The van der Waals surface area contributed by atoms with Crippen LogP contribution < -0.4 is 0 Å². The lowest BCUT2D eigenvalue weighted by Gasteiger charge is -2.47. The zero-order chi connectivity index (χ0) is 25.0. The van der Waals surface area contributed by atoms with Crippen LogP contribution >= 0.6 is 0 Å². The average Bonchev–Trinajstić information content (AvgIpc) is 2.78. The van der Waals surface area contributed by atoms with Crippen LogP contribution in [0.1, 0.15) is 86.0 Å². The van der Waals surface area contributed by atoms with Gasteiger partial charge in [-0.2, -0.15) is 0 Å². The maximum Gasteiger partial charge on any atom is 0.314 e. The van der Waals surface area contributed by atoms with Gasteiger partial charge in [0.15, 0.2) is 0 Å². The number of carbonyl (C=O) groups is 2. The van der Waals surface area contributed by atoms with E-state index in [4.69, 9.17) is 0 Å². The highest BCUT2D eigenvalue weighted by atomic mass is 16.4. The molecule has 3 rings (SSSR count). The van der Waals surface area contributed by atoms with Crippen molar-refractivity contribution in [2.24, 2.45) is 40.9 Å². The maximum atomic E-state index is 12.8. The van der Waals surface area contributed by atoms with Gasteiger partial charge in [0, 0.05) is 5.92 Å². The summed E-state index contributed by atoms with van der Waals surface area (Å²) in [6, 6.07) is 0. The van der Waals surface area contributed by atoms with Crippen LogP contribution in [0.4, 0.5) is 0 Å². The molecule has 0 spiro atoms. The Morgan fingerprint density at radius 1 is 1.12 bits per heavy atom. The van der Waals surface area contributed by atoms with Gasteiger partial charge in [0.2, 0.25) is 0 Å². The second-order valence-electron chi connectivity index (χ2n) is 11.6. The third-order valence-corrected chi connectivity index (χ3v) is 8.87. The molecule has 0 aromatic carbocycles. The van der Waals surface area contributed by atoms with Crippen LogP contribution in [0, 0.1) is 40.9 Å². The number of rotatable bonds is 8. The molecule has 0 aromatic heterocycles. The van der Waals surface area contributed by atoms with Crippen molar-refractivity contribution in [3.63, 3.8) is 0 Å². The Labute approximate surface area is 205 Å². The quantitative estimate of drug-likeness (QED) is 0.363. The summed E-state index contributed by atoms with van der Waals surface area (Å²) in [6.07, 6.45) is 18.1. The average molecular weight is 469 g/mol. The summed E-state index contributed by atoms with van der Waals surface area (Å²) in [4.78, 5) is 24.2. The van der Waals surface area contributed by atoms with Crippen molar-refractivity contribution in [1.29, 1.82) is 0 Å². The Hall–Kier alpha value is -2.10. The number of hydrogen-bond donors (Lipinski definition) is 2. The molecule has 2 N–H and O–H groups in total. The maximum absolute atomic E-state index is 12.8. The van der Waals surface area contributed by atoms with Gasteiger partial charge in [0.1, 0.15) is 0 Å². The van der Waals surface area contributed by atoms with Gasteiger partial charge in [-0.3, -0.25) is 9.59 Å². The molecule has 4 heteroatoms. The van der Waals surface area contributed by atoms with E-state index in [1.165, 1.54) is 16.7 Å². The molecule has 0 aromatic rings. The zero-order valence-corrected chi connectivity index (χ0v) is 21.7. The van der Waals surface area contributed by atoms with Gasteiger partial charge >= 0.3 is 11.9 Å². The van der Waals surface area contributed by atoms with Gasteiger partial charge in [0.25, 0.3) is 0 Å². The second kappa shape index (κ2) is 11.1. The number of fused-ring (bicyclic) bond motifs is 1. The Morgan fingerprint density at radius 2 is 1.76 bits per heavy atom. The summed E-state index contributed by atoms with van der Waals surface area (Å²) < 4.78 is 0. The van der Waals surface area contributed by atoms with Gasteiger partial charge in [-0.05, 0) is 103 Å². The largest absolute Gasteiger partial charge is 0.481 e. The second-order valence-corrected chi connectivity index (χ2v) is 11.6. The van der Waals surface area contributed by atoms with Crippen molar-refractivity contribution in [2.45, 2.75) is 86.0 Å². The summed E-state index contributed by atoms with van der Waals surface area (Å²) in [5.74, 6) is -0.367. The molecule has 0 amide bonds. The number of allylic oxidation sites excluding steroid dienone is 7. The molecular weight excluding hydrogens is 424 g/mol. The minimum Gasteiger partial charge on any atom is -0.481 e. The van der Waals surface area contributed by atoms with Gasteiger partial charge in [-0.1, -0.05) is 54.0 Å². The first-order valence-corrected chi connectivity index (χ1v) is 13.2. The molecule has 1 saturated carbocycles. The fraction of sp³-hybridized carbons (Fsp3) is 0.667. The van der Waals surface area contributed by atoms with Crippen molar-refractivity contribution in [2.75, 3.05) is 0 Å². The molecule has 188 valence electrons. The number of aliphatic carboxylic acids is 2. The van der Waals surface area contributed by atoms with E-state index in [9.17, 15) is 19.8 Å². The minimum absolute atomic E-state index is 0.104. The molecule has 0 unspecified atom stereocenters. The summed E-state index contributed by atoms with van der Waals surface area (Å²) in [5.41, 5.74) is 2.99. The lowest BCUT2D eigenvalue weighted by Crippen LogP contribution is -2.47. The Balaban J connectivity index is 1.82. The molecule has 0 radical (unpaired) electrons. The highest BCUT2D eigenvalue weighted by molar-refractivity contribution is 5.80. The smallest absolute Gasteiger partial charge is 0.314 e. The van der Waals surface area contributed by atoms with E-state index in [1.807, 2.05) is 6.08 Å². The fourth-order valence-electron chi connectivity index (χ4n) is 6.62. The first-order valence-electron chi connectivity index (χ1n) is 13.2. The molecule has 0 bridgehead atoms. The summed E-state index contributed by atoms with van der Waals surface area (Å²) in [7, 11) is 0. The van der Waals surface area contributed by atoms with Crippen molar-refractivity contribution in [3.8, 4) is 0 Å². The van der Waals surface area contributed by atoms with E-state index < -0.39 is 17.4 Å². The molecule has 5 atom stereocenters. The van der Waals surface area contributed by atoms with Crippen LogP contribution in [0.2, 0.25) is 0 Å². The van der Waals surface area contributed by atoms with Gasteiger partial charge < -0.3 is 10.2 Å². The monoisotopic (exact) mass is 468 g/mol. The summed E-state index contributed by atoms with van der Waals surface area (Å²) in [5, 5.41) is 19.9. The number of hydrogen-bond acceptors (Lipinski definition) is 2. The Bertz CT molecular complexity index is 879. The lowest BCUT2D eigenvalue weighted by molar-refractivity contribution is -0.152. The topological polar surface area (TPSA) is 74.6 Å². The van der Waals surface area contributed by atoms with E-state index in [0.29, 0.717) is 30.6 Å². The first kappa shape index (κ1) is 26.5. The zero-order valence-electron chi connectivity index (χ0n) is 21.7. The highest BCUT2D eigenvalue weighted by Gasteiger charge is 2.52. The Morgan fingerprint density at radius 3 is 2.35 bits per heavy atom. The molecular formula is C30H44O4. The van der Waals surface area contributed by atoms with Crippen LogP contribution in [0.5, 0.6) is 0 Å². The van der Waals surface area contributed by atoms with Crippen LogP contribution in [0.25, 0.3) is 0 Å². The van der Waals surface area contributed by atoms with E-state index in [-0.39, 0.29) is 17.8 Å². The van der Waals surface area contributed by atoms with Gasteiger partial charge in [-0.25, -0.2) is 0 Å². The molecule has 0 heterocycles. The van der Waals surface area contributed by atoms with Gasteiger partial charge in [-0.15, -0.1) is 0 Å². The number of carboxylic acids is 2. The molecule has 34 heavy (non-hydrogen) atoms. The van der Waals surface area contributed by atoms with Crippen LogP contribution in [-0.4, -0.2) is 22.2 Å². The summed E-state index contributed by atoms with van der Waals surface area (Å²) >= 11 is 0. The van der Waals surface area contributed by atoms with E-state index in [2.05, 4.69) is 58.9 Å². The molecule has 4 nitrogen and oxygen atoms in total. The van der Waals surface area contributed by atoms with Crippen LogP contribution in [0.15, 0.2) is 47.1 Å². The SMILES string of the molecule is CC(C)=CCC[C@H](C)[C@@H]1C=C[C@]2(C(=O)O)[C@@H](CC(C)=C[C@@H]2/C=C(\C)C2CCC(C(=O)O)CC2)C1. The van der Waals surface area contributed by atoms with E-state index >= 15 is 0 Å². The Kier molecular flexibility index (Phi) is 8.65. The van der Waals surface area contributed by atoms with E-state index in [1.54, 1.807) is 0 Å². The molecule has 0 saturated heterocycles. The van der Waals surface area contributed by atoms with Crippen molar-refractivity contribution >= 4 is 11.9 Å². The van der Waals surface area contributed by atoms with Crippen molar-refractivity contribution < 1.29 is 19.8 Å². The molecule has 3 aliphatic carbocycles. The first-order chi connectivity index (χ1) is 16.0. The standard InChI is InChI=1S/C30H44O4/c1-19(2)7-6-8-21(4)25-13-14-30(29(33)34)26(15-20(3)16-27(30)18-25)17-22(5)23-9-11-24(12-10-23)28(31)32/h7,13-15,17,21,23-27H,6,8-12,16,18H2,1-5H3,(H,31,32)(H,33,34)/b22-17+/t21-,23?,24?,25+,26+,27-,30+/m0/s1. The van der Waals surface area contributed by atoms with Crippen LogP contribution in [0.3, 0.4) is 0 Å². The third kappa shape index (κ3) is 5.75. The van der Waals surface area contributed by atoms with E-state index in [0.717, 1.165) is 38.5 Å². The minimum atomic E-state index is -0.880. The lowest BCUT2D eigenvalue weighted by atomic mass is 9.55. The normalized spacial score (nSPS) is 34.6. The number of carboxylic acid groups (broad SMARTS) is 2. The highest BCUT2D eigenvalue weighted by Crippen LogP contribution is 2.53.